The van der Waals surface area contributed by atoms with Gasteiger partial charge in [-0.15, -0.1) is 0 Å². The van der Waals surface area contributed by atoms with E-state index in [4.69, 9.17) is 4.52 Å². The molecule has 0 saturated heterocycles. The maximum atomic E-state index is 12.6. The molecule has 0 bridgehead atoms. The van der Waals surface area contributed by atoms with E-state index in [9.17, 15) is 8.96 Å². The van der Waals surface area contributed by atoms with Gasteiger partial charge in [-0.3, -0.25) is 9.56 Å². The Balaban J connectivity index is 2.30. The maximum Gasteiger partial charge on any atom is 0.200 e. The first-order chi connectivity index (χ1) is 8.53. The van der Waals surface area contributed by atoms with E-state index in [0.717, 1.165) is 5.56 Å². The molecule has 0 aliphatic carbocycles. The normalized spacial score (nSPS) is 14.8. The molecule has 0 amide bonds. The van der Waals surface area contributed by atoms with E-state index in [2.05, 4.69) is 4.99 Å². The molecular formula is C13H19FNO2P. The highest BCUT2D eigenvalue weighted by Gasteiger charge is 2.12. The fourth-order valence-electron chi connectivity index (χ4n) is 1.48. The van der Waals surface area contributed by atoms with Crippen molar-refractivity contribution >= 4 is 13.6 Å². The highest BCUT2D eigenvalue weighted by molar-refractivity contribution is 7.58. The molecule has 0 fully saturated rings. The van der Waals surface area contributed by atoms with Crippen LogP contribution in [-0.4, -0.2) is 25.6 Å². The molecule has 3 nitrogen and oxygen atoms in total. The second kappa shape index (κ2) is 7.45. The minimum Gasteiger partial charge on any atom is -0.329 e. The van der Waals surface area contributed by atoms with Gasteiger partial charge in [-0.1, -0.05) is 12.1 Å². The Kier molecular flexibility index (Phi) is 6.23. The van der Waals surface area contributed by atoms with E-state index < -0.39 is 7.37 Å². The summed E-state index contributed by atoms with van der Waals surface area (Å²) in [5.41, 5.74) is 0.956. The van der Waals surface area contributed by atoms with Gasteiger partial charge in [0.25, 0.3) is 0 Å². The molecule has 0 aliphatic rings. The molecule has 0 aromatic heterocycles. The molecule has 1 rings (SSSR count). The zero-order valence-electron chi connectivity index (χ0n) is 10.8. The number of aliphatic imine (C=N–C) groups is 1. The van der Waals surface area contributed by atoms with Crippen molar-refractivity contribution in [3.63, 3.8) is 0 Å². The van der Waals surface area contributed by atoms with Gasteiger partial charge in [0, 0.05) is 12.8 Å². The monoisotopic (exact) mass is 271 g/mol. The van der Waals surface area contributed by atoms with Crippen LogP contribution in [0, 0.1) is 5.82 Å². The van der Waals surface area contributed by atoms with Gasteiger partial charge in [0.15, 0.2) is 0 Å². The third kappa shape index (κ3) is 6.08. The molecule has 1 atom stereocenters. The average molecular weight is 271 g/mol. The lowest BCUT2D eigenvalue weighted by molar-refractivity contribution is 0.337. The van der Waals surface area contributed by atoms with Gasteiger partial charge in [-0.05, 0) is 37.3 Å². The molecule has 0 spiro atoms. The van der Waals surface area contributed by atoms with Gasteiger partial charge < -0.3 is 4.52 Å². The van der Waals surface area contributed by atoms with Gasteiger partial charge in [-0.25, -0.2) is 4.39 Å². The molecule has 0 heterocycles. The first kappa shape index (κ1) is 15.1. The Labute approximate surface area is 108 Å². The lowest BCUT2D eigenvalue weighted by Gasteiger charge is -2.10. The Morgan fingerprint density at radius 3 is 2.67 bits per heavy atom. The zero-order valence-corrected chi connectivity index (χ0v) is 11.7. The van der Waals surface area contributed by atoms with Crippen molar-refractivity contribution in [2.24, 2.45) is 4.99 Å². The SMILES string of the molecule is CCOP(C)(=O)CCC=NCc1ccc(F)cc1. The fraction of sp³-hybridized carbons (Fsp3) is 0.462. The molecule has 1 aromatic rings. The summed E-state index contributed by atoms with van der Waals surface area (Å²) in [5.74, 6) is -0.244. The van der Waals surface area contributed by atoms with Crippen molar-refractivity contribution in [2.75, 3.05) is 19.4 Å². The molecule has 0 saturated carbocycles. The van der Waals surface area contributed by atoms with Crippen LogP contribution in [0.25, 0.3) is 0 Å². The Bertz CT molecular complexity index is 431. The second-order valence-electron chi connectivity index (χ2n) is 4.09. The molecular weight excluding hydrogens is 252 g/mol. The highest BCUT2D eigenvalue weighted by Crippen LogP contribution is 2.42. The van der Waals surface area contributed by atoms with E-state index in [0.29, 0.717) is 25.7 Å². The number of rotatable bonds is 7. The third-order valence-corrected chi connectivity index (χ3v) is 4.26. The fourth-order valence-corrected chi connectivity index (χ4v) is 2.74. The molecule has 0 radical (unpaired) electrons. The third-order valence-electron chi connectivity index (χ3n) is 2.38. The van der Waals surface area contributed by atoms with Crippen molar-refractivity contribution in [3.05, 3.63) is 35.6 Å². The molecule has 0 N–H and O–H groups in total. The van der Waals surface area contributed by atoms with E-state index >= 15 is 0 Å². The van der Waals surface area contributed by atoms with Crippen molar-refractivity contribution in [2.45, 2.75) is 19.9 Å². The number of nitrogens with zero attached hydrogens (tertiary/aromatic N) is 1. The van der Waals surface area contributed by atoms with Crippen LogP contribution in [0.2, 0.25) is 0 Å². The zero-order chi connectivity index (χ0) is 13.4. The lowest BCUT2D eigenvalue weighted by atomic mass is 10.2. The number of halogens is 1. The summed E-state index contributed by atoms with van der Waals surface area (Å²) in [6.07, 6.45) is 2.89. The van der Waals surface area contributed by atoms with Crippen LogP contribution in [0.15, 0.2) is 29.3 Å². The Hall–Kier alpha value is -0.990. The minimum atomic E-state index is -2.45. The van der Waals surface area contributed by atoms with Crippen molar-refractivity contribution < 1.29 is 13.5 Å². The lowest BCUT2D eigenvalue weighted by Crippen LogP contribution is -1.94. The van der Waals surface area contributed by atoms with Crippen LogP contribution < -0.4 is 0 Å². The summed E-state index contributed by atoms with van der Waals surface area (Å²) in [5, 5.41) is 0. The first-order valence-corrected chi connectivity index (χ1v) is 8.23. The number of hydrogen-bond acceptors (Lipinski definition) is 3. The van der Waals surface area contributed by atoms with Gasteiger partial charge in [0.2, 0.25) is 7.37 Å². The molecule has 1 aromatic carbocycles. The number of hydrogen-bond donors (Lipinski definition) is 0. The summed E-state index contributed by atoms with van der Waals surface area (Å²) in [6, 6.07) is 6.25. The van der Waals surface area contributed by atoms with Crippen LogP contribution in [0.4, 0.5) is 4.39 Å². The summed E-state index contributed by atoms with van der Waals surface area (Å²) >= 11 is 0. The van der Waals surface area contributed by atoms with Crippen molar-refractivity contribution in [1.29, 1.82) is 0 Å². The molecule has 100 valence electrons. The second-order valence-corrected chi connectivity index (χ2v) is 6.83. The van der Waals surface area contributed by atoms with Crippen LogP contribution in [0.3, 0.4) is 0 Å². The summed E-state index contributed by atoms with van der Waals surface area (Å²) in [4.78, 5) is 4.21. The van der Waals surface area contributed by atoms with E-state index in [-0.39, 0.29) is 5.82 Å². The van der Waals surface area contributed by atoms with E-state index in [1.807, 2.05) is 6.92 Å². The first-order valence-electron chi connectivity index (χ1n) is 5.97. The molecule has 0 aliphatic heterocycles. The maximum absolute atomic E-state index is 12.6. The molecule has 5 heteroatoms. The van der Waals surface area contributed by atoms with E-state index in [1.165, 1.54) is 12.1 Å². The largest absolute Gasteiger partial charge is 0.329 e. The van der Waals surface area contributed by atoms with Crippen molar-refractivity contribution in [3.8, 4) is 0 Å². The highest BCUT2D eigenvalue weighted by atomic mass is 31.2. The van der Waals surface area contributed by atoms with Crippen molar-refractivity contribution in [1.82, 2.24) is 0 Å². The minimum absolute atomic E-state index is 0.244. The van der Waals surface area contributed by atoms with Gasteiger partial charge in [0.1, 0.15) is 5.82 Å². The van der Waals surface area contributed by atoms with Crippen LogP contribution in [-0.2, 0) is 15.6 Å². The summed E-state index contributed by atoms with van der Waals surface area (Å²) in [6.45, 7) is 4.46. The van der Waals surface area contributed by atoms with Crippen LogP contribution in [0.1, 0.15) is 18.9 Å². The Morgan fingerprint density at radius 2 is 2.06 bits per heavy atom. The number of benzene rings is 1. The average Bonchev–Trinajstić information content (AvgIpc) is 2.31. The van der Waals surface area contributed by atoms with Gasteiger partial charge in [-0.2, -0.15) is 0 Å². The predicted octanol–water partition coefficient (Wildman–Crippen LogP) is 3.73. The van der Waals surface area contributed by atoms with Crippen LogP contribution >= 0.6 is 7.37 Å². The Morgan fingerprint density at radius 1 is 1.39 bits per heavy atom. The topological polar surface area (TPSA) is 38.7 Å². The molecule has 1 unspecified atom stereocenters. The standard InChI is InChI=1S/C13H19FNO2P/c1-3-17-18(2,16)10-4-9-15-11-12-5-7-13(14)8-6-12/h5-9H,3-4,10-11H2,1-2H3. The summed E-state index contributed by atoms with van der Waals surface area (Å²) in [7, 11) is -2.45. The van der Waals surface area contributed by atoms with Crippen LogP contribution in [0.5, 0.6) is 0 Å². The smallest absolute Gasteiger partial charge is 0.200 e. The quantitative estimate of drug-likeness (QED) is 0.560. The van der Waals surface area contributed by atoms with E-state index in [1.54, 1.807) is 25.0 Å². The van der Waals surface area contributed by atoms with Gasteiger partial charge >= 0.3 is 0 Å². The predicted molar refractivity (Wildman–Crippen MR) is 73.2 cm³/mol. The van der Waals surface area contributed by atoms with Gasteiger partial charge in [0.05, 0.1) is 13.2 Å². The summed E-state index contributed by atoms with van der Waals surface area (Å²) < 4.78 is 29.6. The molecule has 18 heavy (non-hydrogen) atoms.